The van der Waals surface area contributed by atoms with E-state index in [2.05, 4.69) is 36.4 Å². The molecule has 6 aromatic rings. The summed E-state index contributed by atoms with van der Waals surface area (Å²) < 4.78 is 0. The van der Waals surface area contributed by atoms with E-state index < -0.39 is 0 Å². The van der Waals surface area contributed by atoms with E-state index >= 15 is 0 Å². The van der Waals surface area contributed by atoms with Crippen LogP contribution in [0.1, 0.15) is 52.6 Å². The molecular formula is C51H51O3Pd-3. The van der Waals surface area contributed by atoms with E-state index in [1.807, 2.05) is 146 Å². The van der Waals surface area contributed by atoms with Gasteiger partial charge in [0.05, 0.1) is 0 Å². The monoisotopic (exact) mass is 817 g/mol. The molecule has 3 nitrogen and oxygen atoms in total. The van der Waals surface area contributed by atoms with Crippen LogP contribution in [0.3, 0.4) is 0 Å². The second kappa shape index (κ2) is 27.2. The number of hydrogen-bond donors (Lipinski definition) is 0. The zero-order valence-electron chi connectivity index (χ0n) is 31.5. The van der Waals surface area contributed by atoms with E-state index in [4.69, 9.17) is 0 Å². The first kappa shape index (κ1) is 44.0. The van der Waals surface area contributed by atoms with Crippen LogP contribution in [0.25, 0.3) is 0 Å². The van der Waals surface area contributed by atoms with Crippen LogP contribution in [0.4, 0.5) is 0 Å². The van der Waals surface area contributed by atoms with Crippen LogP contribution in [0.15, 0.2) is 182 Å². The summed E-state index contributed by atoms with van der Waals surface area (Å²) in [5.74, 6) is 0.674. The van der Waals surface area contributed by atoms with Crippen molar-refractivity contribution in [3.05, 3.63) is 235 Å². The Hall–Kier alpha value is -5.40. The summed E-state index contributed by atoms with van der Waals surface area (Å²) in [6, 6.07) is 60.6. The predicted molar refractivity (Wildman–Crippen MR) is 223 cm³/mol. The molecule has 0 unspecified atom stereocenters. The number of rotatable bonds is 18. The summed E-state index contributed by atoms with van der Waals surface area (Å²) in [6.07, 6.45) is 11.8. The summed E-state index contributed by atoms with van der Waals surface area (Å²) in [4.78, 5) is 35.2. The maximum absolute atomic E-state index is 11.7. The predicted octanol–water partition coefficient (Wildman–Crippen LogP) is 10.9. The third-order valence-corrected chi connectivity index (χ3v) is 8.73. The van der Waals surface area contributed by atoms with Crippen LogP contribution in [0.2, 0.25) is 0 Å². The Kier molecular flexibility index (Phi) is 21.8. The van der Waals surface area contributed by atoms with Crippen LogP contribution in [0.5, 0.6) is 0 Å². The molecule has 6 rings (SSSR count). The van der Waals surface area contributed by atoms with Gasteiger partial charge in [0.25, 0.3) is 0 Å². The molecule has 0 saturated heterocycles. The smallest absolute Gasteiger partial charge is 0 e. The van der Waals surface area contributed by atoms with Gasteiger partial charge in [-0.3, -0.25) is 0 Å². The molecule has 0 aliphatic heterocycles. The van der Waals surface area contributed by atoms with Crippen molar-refractivity contribution in [1.82, 2.24) is 0 Å². The molecule has 0 heterocycles. The first-order valence-electron chi connectivity index (χ1n) is 18.8. The van der Waals surface area contributed by atoms with Gasteiger partial charge in [0.2, 0.25) is 0 Å². The van der Waals surface area contributed by atoms with Crippen molar-refractivity contribution in [3.63, 3.8) is 0 Å². The van der Waals surface area contributed by atoms with Crippen molar-refractivity contribution < 1.29 is 34.8 Å². The van der Waals surface area contributed by atoms with Crippen LogP contribution in [0, 0.1) is 19.3 Å². The molecule has 0 bridgehead atoms. The van der Waals surface area contributed by atoms with Gasteiger partial charge in [0.1, 0.15) is 0 Å². The maximum atomic E-state index is 11.7. The molecule has 0 amide bonds. The van der Waals surface area contributed by atoms with Gasteiger partial charge in [0, 0.05) is 20.4 Å². The summed E-state index contributed by atoms with van der Waals surface area (Å²) in [6.45, 7) is 0. The van der Waals surface area contributed by atoms with Gasteiger partial charge in [-0.15, -0.1) is 19.3 Å². The third kappa shape index (κ3) is 20.0. The van der Waals surface area contributed by atoms with Gasteiger partial charge in [-0.2, -0.15) is 0 Å². The minimum Gasteiger partial charge on any atom is -0.334 e. The fourth-order valence-corrected chi connectivity index (χ4v) is 5.58. The minimum atomic E-state index is 0. The summed E-state index contributed by atoms with van der Waals surface area (Å²) >= 11 is 0. The van der Waals surface area contributed by atoms with Crippen molar-refractivity contribution in [3.8, 4) is 0 Å². The summed E-state index contributed by atoms with van der Waals surface area (Å²) in [5, 5.41) is 0. The molecule has 4 heteroatoms. The first-order valence-corrected chi connectivity index (χ1v) is 18.8. The summed E-state index contributed by atoms with van der Waals surface area (Å²) in [7, 11) is 0. The normalized spacial score (nSPS) is 9.82. The number of Topliss-reactive ketones (excluding diaryl/α,β-unsaturated/α-hetero) is 3. The topological polar surface area (TPSA) is 51.2 Å². The van der Waals surface area contributed by atoms with Crippen molar-refractivity contribution in [1.29, 1.82) is 0 Å². The van der Waals surface area contributed by atoms with Crippen LogP contribution in [-0.4, -0.2) is 17.3 Å². The number of aryl methyl sites for hydroxylation is 3. The van der Waals surface area contributed by atoms with E-state index in [-0.39, 0.29) is 37.8 Å². The average molecular weight is 818 g/mol. The van der Waals surface area contributed by atoms with E-state index in [9.17, 15) is 14.4 Å². The van der Waals surface area contributed by atoms with E-state index in [0.717, 1.165) is 38.5 Å². The fraction of sp³-hybridized carbons (Fsp3) is 0.176. The van der Waals surface area contributed by atoms with Crippen LogP contribution in [-0.2, 0) is 73.3 Å². The molecule has 286 valence electrons. The second-order valence-corrected chi connectivity index (χ2v) is 13.0. The maximum Gasteiger partial charge on any atom is 0 e. The molecule has 0 aliphatic carbocycles. The molecule has 0 aromatic heterocycles. The number of carbonyl (C=O) groups is 3. The average Bonchev–Trinajstić information content (AvgIpc) is 3.24. The number of ketones is 3. The molecule has 0 fully saturated rings. The summed E-state index contributed by atoms with van der Waals surface area (Å²) in [5.41, 5.74) is 7.22. The molecule has 0 aliphatic rings. The SMILES string of the molecule is O=C([CH-]Cc1ccccc1)CCc1ccccc1.O=C([CH-]Cc1ccccc1)CCc1ccccc1.O=C([CH-]Cc1ccccc1)CCc1ccccc1.[Pd]. The fourth-order valence-electron chi connectivity index (χ4n) is 5.58. The third-order valence-electron chi connectivity index (χ3n) is 8.73. The van der Waals surface area contributed by atoms with Crippen molar-refractivity contribution in [2.75, 3.05) is 0 Å². The molecule has 0 atom stereocenters. The second-order valence-electron chi connectivity index (χ2n) is 13.0. The van der Waals surface area contributed by atoms with Gasteiger partial charge in [-0.1, -0.05) is 199 Å². The molecular weight excluding hydrogens is 767 g/mol. The van der Waals surface area contributed by atoms with E-state index in [1.165, 1.54) is 33.4 Å². The van der Waals surface area contributed by atoms with Crippen LogP contribution < -0.4 is 0 Å². The molecule has 0 N–H and O–H groups in total. The zero-order chi connectivity index (χ0) is 37.9. The quantitative estimate of drug-likeness (QED) is 0.0641. The largest absolute Gasteiger partial charge is 0.334 e. The van der Waals surface area contributed by atoms with Gasteiger partial charge < -0.3 is 33.6 Å². The first-order chi connectivity index (χ1) is 26.5. The molecule has 0 spiro atoms. The number of benzene rings is 6. The van der Waals surface area contributed by atoms with E-state index in [0.29, 0.717) is 19.3 Å². The molecule has 0 saturated carbocycles. The Bertz CT molecular complexity index is 1520. The van der Waals surface area contributed by atoms with Crippen molar-refractivity contribution in [2.24, 2.45) is 0 Å². The van der Waals surface area contributed by atoms with E-state index in [1.54, 1.807) is 19.3 Å². The molecule has 6 aromatic carbocycles. The molecule has 0 radical (unpaired) electrons. The van der Waals surface area contributed by atoms with Gasteiger partial charge in [-0.05, 0) is 72.6 Å². The Morgan fingerprint density at radius 2 is 0.473 bits per heavy atom. The van der Waals surface area contributed by atoms with Gasteiger partial charge in [0.15, 0.2) is 0 Å². The Labute approximate surface area is 342 Å². The number of carbonyl (C=O) groups excluding carboxylic acids is 3. The minimum absolute atomic E-state index is 0. The Morgan fingerprint density at radius 3 is 0.673 bits per heavy atom. The van der Waals surface area contributed by atoms with Gasteiger partial charge >= 0.3 is 0 Å². The molecule has 55 heavy (non-hydrogen) atoms. The van der Waals surface area contributed by atoms with Crippen molar-refractivity contribution in [2.45, 2.75) is 57.8 Å². The Balaban J connectivity index is 0.000000220. The van der Waals surface area contributed by atoms with Gasteiger partial charge in [-0.25, -0.2) is 0 Å². The Morgan fingerprint density at radius 1 is 0.291 bits per heavy atom. The van der Waals surface area contributed by atoms with Crippen molar-refractivity contribution >= 4 is 17.3 Å². The zero-order valence-corrected chi connectivity index (χ0v) is 33.0. The number of hydrogen-bond acceptors (Lipinski definition) is 3. The van der Waals surface area contributed by atoms with Crippen LogP contribution >= 0.6 is 0 Å². The standard InChI is InChI=1S/3C17H17O.Pd/c3*18-17(13-11-15-7-3-1-4-8-15)14-12-16-9-5-2-6-10-16;/h3*1-10,13H,11-12,14H2;/q3*-1;.